The van der Waals surface area contributed by atoms with Gasteiger partial charge in [0.15, 0.2) is 0 Å². The van der Waals surface area contributed by atoms with Gasteiger partial charge in [-0.25, -0.2) is 4.98 Å². The van der Waals surface area contributed by atoms with Crippen LogP contribution in [0, 0.1) is 0 Å². The molecule has 3 heteroatoms. The topological polar surface area (TPSA) is 29.9 Å². The minimum absolute atomic E-state index is 0.549. The third kappa shape index (κ3) is 3.57. The third-order valence-corrected chi connectivity index (χ3v) is 2.79. The highest BCUT2D eigenvalue weighted by Crippen LogP contribution is 2.10. The lowest BCUT2D eigenvalue weighted by molar-refractivity contribution is 0.613. The number of nitrogens with one attached hydrogen (secondary N) is 1. The van der Waals surface area contributed by atoms with Crippen LogP contribution in [0.2, 0.25) is 0 Å². The summed E-state index contributed by atoms with van der Waals surface area (Å²) in [6.45, 7) is 7.70. The predicted octanol–water partition coefficient (Wildman–Crippen LogP) is 3.28. The number of hydrogen-bond acceptors (Lipinski definition) is 2. The Morgan fingerprint density at radius 1 is 1.33 bits per heavy atom. The van der Waals surface area contributed by atoms with E-state index < -0.39 is 0 Å². The Morgan fingerprint density at radius 2 is 2.07 bits per heavy atom. The summed E-state index contributed by atoms with van der Waals surface area (Å²) in [6, 6.07) is 0.549. The number of hydrogen-bond donors (Lipinski definition) is 1. The second-order valence-corrected chi connectivity index (χ2v) is 3.96. The van der Waals surface area contributed by atoms with E-state index in [1.807, 2.05) is 6.20 Å². The molecule has 1 heterocycles. The summed E-state index contributed by atoms with van der Waals surface area (Å²) in [6.07, 6.45) is 8.67. The number of imidazole rings is 1. The SMILES string of the molecule is CCCCn1ccnc1NC(CC)CC. The van der Waals surface area contributed by atoms with Gasteiger partial charge in [0.2, 0.25) is 5.95 Å². The molecule has 0 unspecified atom stereocenters. The summed E-state index contributed by atoms with van der Waals surface area (Å²) in [7, 11) is 0. The Morgan fingerprint density at radius 3 is 2.67 bits per heavy atom. The molecule has 0 radical (unpaired) electrons. The Bertz CT molecular complexity index is 264. The zero-order valence-electron chi connectivity index (χ0n) is 10.2. The summed E-state index contributed by atoms with van der Waals surface area (Å²) in [5, 5.41) is 3.49. The smallest absolute Gasteiger partial charge is 0.202 e. The van der Waals surface area contributed by atoms with E-state index in [2.05, 4.69) is 41.8 Å². The zero-order valence-corrected chi connectivity index (χ0v) is 10.2. The molecular formula is C12H23N3. The molecule has 0 fully saturated rings. The van der Waals surface area contributed by atoms with Crippen LogP contribution in [0.4, 0.5) is 5.95 Å². The van der Waals surface area contributed by atoms with Gasteiger partial charge >= 0.3 is 0 Å². The van der Waals surface area contributed by atoms with Crippen molar-refractivity contribution < 1.29 is 0 Å². The fourth-order valence-corrected chi connectivity index (χ4v) is 1.63. The largest absolute Gasteiger partial charge is 0.353 e. The molecule has 0 aliphatic rings. The number of nitrogens with zero attached hydrogens (tertiary/aromatic N) is 2. The highest BCUT2D eigenvalue weighted by atomic mass is 15.2. The van der Waals surface area contributed by atoms with Crippen LogP contribution in [-0.4, -0.2) is 15.6 Å². The molecule has 0 aliphatic heterocycles. The van der Waals surface area contributed by atoms with Gasteiger partial charge < -0.3 is 9.88 Å². The molecule has 3 nitrogen and oxygen atoms in total. The lowest BCUT2D eigenvalue weighted by Crippen LogP contribution is -2.20. The van der Waals surface area contributed by atoms with Gasteiger partial charge in [-0.05, 0) is 19.3 Å². The van der Waals surface area contributed by atoms with Crippen molar-refractivity contribution in [3.05, 3.63) is 12.4 Å². The number of aryl methyl sites for hydroxylation is 1. The number of anilines is 1. The van der Waals surface area contributed by atoms with Crippen LogP contribution in [0.25, 0.3) is 0 Å². The number of aromatic nitrogens is 2. The van der Waals surface area contributed by atoms with Crippen LogP contribution in [0.1, 0.15) is 46.5 Å². The first kappa shape index (κ1) is 12.1. The van der Waals surface area contributed by atoms with Crippen molar-refractivity contribution in [1.29, 1.82) is 0 Å². The third-order valence-electron chi connectivity index (χ3n) is 2.79. The highest BCUT2D eigenvalue weighted by molar-refractivity contribution is 5.27. The van der Waals surface area contributed by atoms with E-state index in [4.69, 9.17) is 0 Å². The number of unbranched alkanes of at least 4 members (excludes halogenated alkanes) is 1. The first-order valence-corrected chi connectivity index (χ1v) is 6.09. The van der Waals surface area contributed by atoms with Crippen molar-refractivity contribution in [2.45, 2.75) is 59.0 Å². The van der Waals surface area contributed by atoms with E-state index in [0.29, 0.717) is 6.04 Å². The molecule has 86 valence electrons. The molecule has 15 heavy (non-hydrogen) atoms. The fourth-order valence-electron chi connectivity index (χ4n) is 1.63. The van der Waals surface area contributed by atoms with Gasteiger partial charge in [0.1, 0.15) is 0 Å². The summed E-state index contributed by atoms with van der Waals surface area (Å²) < 4.78 is 2.21. The van der Waals surface area contributed by atoms with Crippen LogP contribution in [-0.2, 0) is 6.54 Å². The monoisotopic (exact) mass is 209 g/mol. The normalized spacial score (nSPS) is 10.9. The van der Waals surface area contributed by atoms with E-state index >= 15 is 0 Å². The molecule has 0 bridgehead atoms. The quantitative estimate of drug-likeness (QED) is 0.747. The first-order chi connectivity index (χ1) is 7.31. The molecule has 0 saturated carbocycles. The molecule has 1 aromatic heterocycles. The average molecular weight is 209 g/mol. The molecule has 1 N–H and O–H groups in total. The minimum Gasteiger partial charge on any atom is -0.353 e. The van der Waals surface area contributed by atoms with E-state index in [9.17, 15) is 0 Å². The molecule has 0 aromatic carbocycles. The summed E-state index contributed by atoms with van der Waals surface area (Å²) in [5.74, 6) is 1.03. The van der Waals surface area contributed by atoms with Crippen LogP contribution in [0.3, 0.4) is 0 Å². The van der Waals surface area contributed by atoms with Gasteiger partial charge in [-0.1, -0.05) is 27.2 Å². The molecule has 0 amide bonds. The Balaban J connectivity index is 2.55. The standard InChI is InChI=1S/C12H23N3/c1-4-7-9-15-10-8-13-12(15)14-11(5-2)6-3/h8,10-11H,4-7,9H2,1-3H3,(H,13,14). The van der Waals surface area contributed by atoms with Gasteiger partial charge in [-0.3, -0.25) is 0 Å². The van der Waals surface area contributed by atoms with Crippen LogP contribution < -0.4 is 5.32 Å². The van der Waals surface area contributed by atoms with Gasteiger partial charge in [-0.15, -0.1) is 0 Å². The van der Waals surface area contributed by atoms with E-state index in [-0.39, 0.29) is 0 Å². The van der Waals surface area contributed by atoms with E-state index in [1.165, 1.54) is 12.8 Å². The maximum absolute atomic E-state index is 4.36. The second-order valence-electron chi connectivity index (χ2n) is 3.96. The zero-order chi connectivity index (χ0) is 11.1. The lowest BCUT2D eigenvalue weighted by Gasteiger charge is -2.16. The maximum Gasteiger partial charge on any atom is 0.202 e. The summed E-state index contributed by atoms with van der Waals surface area (Å²) in [4.78, 5) is 4.36. The van der Waals surface area contributed by atoms with Crippen molar-refractivity contribution >= 4 is 5.95 Å². The van der Waals surface area contributed by atoms with Crippen molar-refractivity contribution in [1.82, 2.24) is 9.55 Å². The van der Waals surface area contributed by atoms with Gasteiger partial charge in [0, 0.05) is 25.0 Å². The van der Waals surface area contributed by atoms with Crippen molar-refractivity contribution in [2.75, 3.05) is 5.32 Å². The van der Waals surface area contributed by atoms with Crippen molar-refractivity contribution in [2.24, 2.45) is 0 Å². The van der Waals surface area contributed by atoms with E-state index in [1.54, 1.807) is 0 Å². The highest BCUT2D eigenvalue weighted by Gasteiger charge is 2.07. The molecule has 0 atom stereocenters. The average Bonchev–Trinajstić information content (AvgIpc) is 2.70. The molecule has 0 aliphatic carbocycles. The van der Waals surface area contributed by atoms with Crippen LogP contribution >= 0.6 is 0 Å². The first-order valence-electron chi connectivity index (χ1n) is 6.09. The van der Waals surface area contributed by atoms with Crippen molar-refractivity contribution in [3.63, 3.8) is 0 Å². The van der Waals surface area contributed by atoms with Gasteiger partial charge in [0.25, 0.3) is 0 Å². The minimum atomic E-state index is 0.549. The summed E-state index contributed by atoms with van der Waals surface area (Å²) >= 11 is 0. The van der Waals surface area contributed by atoms with Crippen LogP contribution in [0.15, 0.2) is 12.4 Å². The lowest BCUT2D eigenvalue weighted by atomic mass is 10.2. The molecular weight excluding hydrogens is 186 g/mol. The molecule has 0 saturated heterocycles. The number of rotatable bonds is 7. The summed E-state index contributed by atoms with van der Waals surface area (Å²) in [5.41, 5.74) is 0. The Kier molecular flexibility index (Phi) is 5.22. The van der Waals surface area contributed by atoms with Gasteiger partial charge in [0.05, 0.1) is 0 Å². The maximum atomic E-state index is 4.36. The predicted molar refractivity (Wildman–Crippen MR) is 65.1 cm³/mol. The van der Waals surface area contributed by atoms with Crippen LogP contribution in [0.5, 0.6) is 0 Å². The molecule has 0 spiro atoms. The fraction of sp³-hybridized carbons (Fsp3) is 0.750. The Labute approximate surface area is 92.9 Å². The van der Waals surface area contributed by atoms with Gasteiger partial charge in [-0.2, -0.15) is 0 Å². The molecule has 1 rings (SSSR count). The van der Waals surface area contributed by atoms with Crippen molar-refractivity contribution in [3.8, 4) is 0 Å². The molecule has 1 aromatic rings. The van der Waals surface area contributed by atoms with E-state index in [0.717, 1.165) is 25.3 Å². The Hall–Kier alpha value is -0.990. The second kappa shape index (κ2) is 6.49.